The molecule has 12 N–H and O–H groups in total. The number of hydrogen-bond acceptors (Lipinski definition) is 9. The van der Waals surface area contributed by atoms with Crippen LogP contribution in [0.15, 0.2) is 76.8 Å². The summed E-state index contributed by atoms with van der Waals surface area (Å²) < 4.78 is 55.3. The maximum atomic E-state index is 10.5. The molecule has 3 rings (SSSR count). The second-order valence-corrected chi connectivity index (χ2v) is 9.77. The van der Waals surface area contributed by atoms with Crippen molar-refractivity contribution in [3.05, 3.63) is 72.0 Å². The Labute approximate surface area is 194 Å². The van der Waals surface area contributed by atoms with Gasteiger partial charge < -0.3 is 28.7 Å². The summed E-state index contributed by atoms with van der Waals surface area (Å²) in [5.74, 6) is 0. The number of nitrogen functional groups attached to an aromatic ring is 3. The molecular formula is C20H31N5O6S2. The lowest BCUT2D eigenvalue weighted by atomic mass is 10.0. The van der Waals surface area contributed by atoms with E-state index in [9.17, 15) is 16.8 Å². The van der Waals surface area contributed by atoms with Gasteiger partial charge in [0.05, 0.1) is 11.2 Å². The van der Waals surface area contributed by atoms with Crippen LogP contribution in [0.4, 0.5) is 17.1 Å². The largest absolute Gasteiger partial charge is 0.399 e. The Morgan fingerprint density at radius 3 is 1.39 bits per heavy atom. The van der Waals surface area contributed by atoms with Crippen molar-refractivity contribution in [2.24, 2.45) is 11.5 Å². The molecule has 2 aromatic rings. The highest BCUT2D eigenvalue weighted by molar-refractivity contribution is 7.85. The van der Waals surface area contributed by atoms with Crippen LogP contribution in [0.25, 0.3) is 0 Å². The van der Waals surface area contributed by atoms with Gasteiger partial charge in [0.2, 0.25) is 0 Å². The normalized spacial score (nSPS) is 15.1. The molecule has 0 aromatic heterocycles. The van der Waals surface area contributed by atoms with Crippen molar-refractivity contribution in [2.75, 3.05) is 23.5 Å². The van der Waals surface area contributed by atoms with E-state index in [1.165, 1.54) is 29.8 Å². The van der Waals surface area contributed by atoms with Gasteiger partial charge in [-0.25, -0.2) is 0 Å². The standard InChI is InChI=1S/C7H12N2.C6H8N2.C6H7NO3S.CH4O3S/c1-5-4-6(8)2-3-7(5)9;7-5-1-2-6(8)4-3-5;7-5-1-3-6(4-2-5)11(8,9)10;1-5(2,3)4/h2,4,7H,3,8-9H2,1H3;1-4H,7-8H2;1-4H,7H2,(H,8,9,10);1H3,(H,2,3,4). The zero-order valence-corrected chi connectivity index (χ0v) is 19.9. The summed E-state index contributed by atoms with van der Waals surface area (Å²) in [6.45, 7) is 2.00. The Bertz CT molecular complexity index is 1120. The predicted octanol–water partition coefficient (Wildman–Crippen LogP) is 1.38. The lowest BCUT2D eigenvalue weighted by molar-refractivity contribution is 0.482. The molecule has 0 amide bonds. The number of rotatable bonds is 1. The third-order valence-electron chi connectivity index (χ3n) is 3.70. The number of allylic oxidation sites excluding steroid dienone is 1. The van der Waals surface area contributed by atoms with Crippen LogP contribution in [-0.4, -0.2) is 38.2 Å². The molecular weight excluding hydrogens is 470 g/mol. The van der Waals surface area contributed by atoms with Crippen LogP contribution < -0.4 is 28.7 Å². The number of benzene rings is 2. The van der Waals surface area contributed by atoms with Gasteiger partial charge in [-0.05, 0) is 68.0 Å². The van der Waals surface area contributed by atoms with Gasteiger partial charge in [0.15, 0.2) is 0 Å². The fourth-order valence-corrected chi connectivity index (χ4v) is 2.49. The van der Waals surface area contributed by atoms with Gasteiger partial charge in [-0.15, -0.1) is 0 Å². The highest BCUT2D eigenvalue weighted by Crippen LogP contribution is 2.12. The molecule has 1 aliphatic rings. The smallest absolute Gasteiger partial charge is 0.294 e. The van der Waals surface area contributed by atoms with Crippen molar-refractivity contribution in [2.45, 2.75) is 24.3 Å². The molecule has 0 bridgehead atoms. The Balaban J connectivity index is 0.000000428. The summed E-state index contributed by atoms with van der Waals surface area (Å²) >= 11 is 0. The predicted molar refractivity (Wildman–Crippen MR) is 132 cm³/mol. The fraction of sp³-hybridized carbons (Fsp3) is 0.200. The van der Waals surface area contributed by atoms with Crippen molar-refractivity contribution >= 4 is 37.3 Å². The van der Waals surface area contributed by atoms with Crippen molar-refractivity contribution < 1.29 is 25.9 Å². The highest BCUT2D eigenvalue weighted by Gasteiger charge is 2.07. The molecule has 0 saturated carbocycles. The molecule has 13 heteroatoms. The molecule has 184 valence electrons. The lowest BCUT2D eigenvalue weighted by Gasteiger charge is -2.14. The van der Waals surface area contributed by atoms with E-state index in [2.05, 4.69) is 0 Å². The van der Waals surface area contributed by atoms with E-state index in [-0.39, 0.29) is 10.9 Å². The third kappa shape index (κ3) is 16.2. The Morgan fingerprint density at radius 1 is 0.788 bits per heavy atom. The zero-order valence-electron chi connectivity index (χ0n) is 18.3. The van der Waals surface area contributed by atoms with Crippen molar-refractivity contribution in [3.8, 4) is 0 Å². The fourth-order valence-electron chi connectivity index (χ4n) is 2.01. The van der Waals surface area contributed by atoms with Gasteiger partial charge in [0.25, 0.3) is 20.2 Å². The minimum absolute atomic E-state index is 0.147. The minimum atomic E-state index is -4.08. The van der Waals surface area contributed by atoms with Crippen LogP contribution in [0.1, 0.15) is 13.3 Å². The van der Waals surface area contributed by atoms with E-state index in [4.69, 9.17) is 37.8 Å². The summed E-state index contributed by atoms with van der Waals surface area (Å²) in [7, 11) is -7.74. The summed E-state index contributed by atoms with van der Waals surface area (Å²) in [4.78, 5) is -0.147. The quantitative estimate of drug-likeness (QED) is 0.217. The maximum absolute atomic E-state index is 10.5. The first kappa shape index (κ1) is 29.9. The van der Waals surface area contributed by atoms with E-state index in [0.717, 1.165) is 23.5 Å². The molecule has 0 spiro atoms. The molecule has 0 radical (unpaired) electrons. The summed E-state index contributed by atoms with van der Waals surface area (Å²) in [6, 6.07) is 12.6. The van der Waals surface area contributed by atoms with E-state index in [0.29, 0.717) is 11.9 Å². The van der Waals surface area contributed by atoms with Crippen LogP contribution in [0, 0.1) is 0 Å². The molecule has 0 saturated heterocycles. The van der Waals surface area contributed by atoms with Gasteiger partial charge in [0.1, 0.15) is 0 Å². The van der Waals surface area contributed by atoms with E-state index in [1.54, 1.807) is 24.3 Å². The number of anilines is 3. The van der Waals surface area contributed by atoms with Crippen LogP contribution in [0.2, 0.25) is 0 Å². The van der Waals surface area contributed by atoms with Gasteiger partial charge in [-0.1, -0.05) is 11.6 Å². The second-order valence-electron chi connectivity index (χ2n) is 6.88. The highest BCUT2D eigenvalue weighted by atomic mass is 32.2. The Kier molecular flexibility index (Phi) is 12.2. The topological polar surface area (TPSA) is 239 Å². The molecule has 0 fully saturated rings. The Morgan fingerprint density at radius 2 is 1.12 bits per heavy atom. The first-order valence-electron chi connectivity index (χ1n) is 9.25. The number of nitrogens with two attached hydrogens (primary N) is 5. The van der Waals surface area contributed by atoms with Gasteiger partial charge >= 0.3 is 0 Å². The Hall–Kier alpha value is -3.10. The SMILES string of the molecule is CC1=CC(N)=CCC1N.CS(=O)(=O)O.Nc1ccc(N)cc1.Nc1ccc(S(=O)(=O)O)cc1. The second kappa shape index (κ2) is 13.4. The van der Waals surface area contributed by atoms with E-state index >= 15 is 0 Å². The molecule has 11 nitrogen and oxygen atoms in total. The summed E-state index contributed by atoms with van der Waals surface area (Å²) in [5.41, 5.74) is 31.2. The van der Waals surface area contributed by atoms with Crippen LogP contribution >= 0.6 is 0 Å². The lowest BCUT2D eigenvalue weighted by Crippen LogP contribution is -2.23. The molecule has 1 atom stereocenters. The van der Waals surface area contributed by atoms with Gasteiger partial charge in [-0.2, -0.15) is 16.8 Å². The molecule has 1 aliphatic carbocycles. The van der Waals surface area contributed by atoms with Crippen molar-refractivity contribution in [1.82, 2.24) is 0 Å². The average molecular weight is 502 g/mol. The van der Waals surface area contributed by atoms with Crippen LogP contribution in [0.5, 0.6) is 0 Å². The van der Waals surface area contributed by atoms with E-state index in [1.807, 2.05) is 19.1 Å². The first-order valence-corrected chi connectivity index (χ1v) is 12.5. The van der Waals surface area contributed by atoms with E-state index < -0.39 is 20.2 Å². The molecule has 1 unspecified atom stereocenters. The monoisotopic (exact) mass is 501 g/mol. The third-order valence-corrected chi connectivity index (χ3v) is 4.57. The average Bonchev–Trinajstić information content (AvgIpc) is 2.67. The number of hydrogen-bond donors (Lipinski definition) is 7. The minimum Gasteiger partial charge on any atom is -0.399 e. The first-order chi connectivity index (χ1) is 15.0. The van der Waals surface area contributed by atoms with Crippen LogP contribution in [0.3, 0.4) is 0 Å². The molecule has 33 heavy (non-hydrogen) atoms. The maximum Gasteiger partial charge on any atom is 0.294 e. The summed E-state index contributed by atoms with van der Waals surface area (Å²) in [6.07, 6.45) is 5.48. The molecule has 2 aromatic carbocycles. The van der Waals surface area contributed by atoms with Crippen molar-refractivity contribution in [1.29, 1.82) is 0 Å². The molecule has 0 aliphatic heterocycles. The molecule has 0 heterocycles. The van der Waals surface area contributed by atoms with Gasteiger partial charge in [0, 0.05) is 28.8 Å². The summed E-state index contributed by atoms with van der Waals surface area (Å²) in [5, 5.41) is 0. The zero-order chi connectivity index (χ0) is 25.8. The van der Waals surface area contributed by atoms with Crippen molar-refractivity contribution in [3.63, 3.8) is 0 Å². The van der Waals surface area contributed by atoms with Gasteiger partial charge in [-0.3, -0.25) is 9.11 Å². The van der Waals surface area contributed by atoms with Crippen LogP contribution in [-0.2, 0) is 20.2 Å².